The van der Waals surface area contributed by atoms with Crippen molar-refractivity contribution in [3.63, 3.8) is 0 Å². The van der Waals surface area contributed by atoms with Gasteiger partial charge in [-0.3, -0.25) is 14.4 Å². The van der Waals surface area contributed by atoms with Crippen LogP contribution in [0.4, 0.5) is 0 Å². The first-order chi connectivity index (χ1) is 15.6. The zero-order valence-corrected chi connectivity index (χ0v) is 17.5. The Hall–Kier alpha value is -4.11. The van der Waals surface area contributed by atoms with Crippen molar-refractivity contribution in [1.29, 1.82) is 0 Å². The highest BCUT2D eigenvalue weighted by atomic mass is 16.2. The number of rotatable bonds is 8. The molecule has 0 aromatic heterocycles. The Labute approximate surface area is 187 Å². The molecule has 0 N–H and O–H groups in total. The van der Waals surface area contributed by atoms with Gasteiger partial charge in [-0.05, 0) is 22.8 Å². The lowest BCUT2D eigenvalue weighted by molar-refractivity contribution is -0.119. The van der Waals surface area contributed by atoms with Crippen LogP contribution in [0.15, 0.2) is 115 Å². The van der Waals surface area contributed by atoms with Crippen molar-refractivity contribution < 1.29 is 14.4 Å². The number of benzene rings is 4. The monoisotopic (exact) mass is 418 g/mol. The molecule has 32 heavy (non-hydrogen) atoms. The average Bonchev–Trinajstić information content (AvgIpc) is 2.85. The predicted octanol–water partition coefficient (Wildman–Crippen LogP) is 5.70. The molecule has 3 heteroatoms. The Kier molecular flexibility index (Phi) is 6.47. The van der Waals surface area contributed by atoms with Crippen molar-refractivity contribution in [2.75, 3.05) is 0 Å². The van der Waals surface area contributed by atoms with Gasteiger partial charge in [0.1, 0.15) is 5.78 Å². The van der Waals surface area contributed by atoms with Gasteiger partial charge >= 0.3 is 0 Å². The summed E-state index contributed by atoms with van der Waals surface area (Å²) in [5.41, 5.74) is 3.20. The number of hydrogen-bond acceptors (Lipinski definition) is 3. The van der Waals surface area contributed by atoms with E-state index in [4.69, 9.17) is 0 Å². The molecule has 0 saturated heterocycles. The molecule has 0 aliphatic rings. The number of hydrogen-bond donors (Lipinski definition) is 0. The fraction of sp³-hybridized carbons (Fsp3) is 0.0690. The van der Waals surface area contributed by atoms with Crippen LogP contribution in [-0.4, -0.2) is 17.3 Å². The summed E-state index contributed by atoms with van der Waals surface area (Å²) in [5, 5.41) is 0. The van der Waals surface area contributed by atoms with Gasteiger partial charge in [-0.2, -0.15) is 0 Å². The van der Waals surface area contributed by atoms with Crippen molar-refractivity contribution in [2.24, 2.45) is 0 Å². The van der Waals surface area contributed by atoms with Gasteiger partial charge in [-0.1, -0.05) is 109 Å². The normalized spacial score (nSPS) is 10.7. The lowest BCUT2D eigenvalue weighted by Gasteiger charge is -2.17. The molecule has 156 valence electrons. The van der Waals surface area contributed by atoms with E-state index >= 15 is 0 Å². The van der Waals surface area contributed by atoms with Crippen LogP contribution in [0.5, 0.6) is 0 Å². The molecule has 0 aliphatic heterocycles. The Balaban J connectivity index is 1.59. The highest BCUT2D eigenvalue weighted by Gasteiger charge is 2.23. The summed E-state index contributed by atoms with van der Waals surface area (Å²) in [7, 11) is 0. The summed E-state index contributed by atoms with van der Waals surface area (Å²) >= 11 is 0. The fourth-order valence-corrected chi connectivity index (χ4v) is 3.83. The second-order valence-corrected chi connectivity index (χ2v) is 7.62. The van der Waals surface area contributed by atoms with Crippen molar-refractivity contribution in [2.45, 2.75) is 12.3 Å². The van der Waals surface area contributed by atoms with Gasteiger partial charge in [0.05, 0.1) is 5.92 Å². The summed E-state index contributed by atoms with van der Waals surface area (Å²) in [6, 6.07) is 34.6. The third-order valence-electron chi connectivity index (χ3n) is 5.40. The largest absolute Gasteiger partial charge is 0.298 e. The molecule has 0 heterocycles. The lowest BCUT2D eigenvalue weighted by atomic mass is 9.85. The fourth-order valence-electron chi connectivity index (χ4n) is 3.83. The summed E-state index contributed by atoms with van der Waals surface area (Å²) in [6.45, 7) is 0. The van der Waals surface area contributed by atoms with Gasteiger partial charge < -0.3 is 0 Å². The van der Waals surface area contributed by atoms with Gasteiger partial charge in [-0.25, -0.2) is 0 Å². The standard InChI is InChI=1S/C29H22O3/c30-26(27(22-12-4-1-5-13-22)23-14-6-2-7-15-23)20-21-11-10-18-25(19-21)29(32)28(31)24-16-8-3-9-17-24/h1-19,27H,20H2. The van der Waals surface area contributed by atoms with Crippen molar-refractivity contribution >= 4 is 17.3 Å². The quantitative estimate of drug-likeness (QED) is 0.273. The predicted molar refractivity (Wildman–Crippen MR) is 125 cm³/mol. The first kappa shape index (κ1) is 21.1. The molecule has 0 bridgehead atoms. The maximum Gasteiger partial charge on any atom is 0.233 e. The Morgan fingerprint density at radius 2 is 1.00 bits per heavy atom. The average molecular weight is 418 g/mol. The molecule has 0 atom stereocenters. The van der Waals surface area contributed by atoms with Crippen LogP contribution < -0.4 is 0 Å². The Morgan fingerprint density at radius 1 is 0.531 bits per heavy atom. The third-order valence-corrected chi connectivity index (χ3v) is 5.40. The highest BCUT2D eigenvalue weighted by molar-refractivity contribution is 6.49. The van der Waals surface area contributed by atoms with Gasteiger partial charge in [0.25, 0.3) is 0 Å². The van der Waals surface area contributed by atoms with E-state index in [0.29, 0.717) is 16.7 Å². The highest BCUT2D eigenvalue weighted by Crippen LogP contribution is 2.27. The van der Waals surface area contributed by atoms with Gasteiger partial charge in [-0.15, -0.1) is 0 Å². The van der Waals surface area contributed by atoms with Crippen LogP contribution in [0.25, 0.3) is 0 Å². The van der Waals surface area contributed by atoms with E-state index in [2.05, 4.69) is 0 Å². The summed E-state index contributed by atoms with van der Waals surface area (Å²) in [4.78, 5) is 38.7. The molecule has 3 nitrogen and oxygen atoms in total. The van der Waals surface area contributed by atoms with Crippen LogP contribution in [0.3, 0.4) is 0 Å². The molecular formula is C29H22O3. The van der Waals surface area contributed by atoms with E-state index in [1.54, 1.807) is 48.5 Å². The lowest BCUT2D eigenvalue weighted by Crippen LogP contribution is -2.17. The molecule has 0 saturated carbocycles. The molecule has 0 radical (unpaired) electrons. The van der Waals surface area contributed by atoms with Crippen LogP contribution in [-0.2, 0) is 11.2 Å². The van der Waals surface area contributed by atoms with E-state index in [0.717, 1.165) is 11.1 Å². The molecule has 4 aromatic rings. The smallest absolute Gasteiger partial charge is 0.233 e. The van der Waals surface area contributed by atoms with Gasteiger partial charge in [0, 0.05) is 17.5 Å². The summed E-state index contributed by atoms with van der Waals surface area (Å²) in [6.07, 6.45) is 0.162. The Bertz CT molecular complexity index is 1190. The molecular weight excluding hydrogens is 396 g/mol. The van der Waals surface area contributed by atoms with Crippen LogP contribution >= 0.6 is 0 Å². The summed E-state index contributed by atoms with van der Waals surface area (Å²) in [5.74, 6) is -1.50. The van der Waals surface area contributed by atoms with Crippen LogP contribution in [0.2, 0.25) is 0 Å². The number of carbonyl (C=O) groups is 3. The topological polar surface area (TPSA) is 51.2 Å². The zero-order valence-electron chi connectivity index (χ0n) is 17.5. The maximum atomic E-state index is 13.4. The molecule has 4 aromatic carbocycles. The second kappa shape index (κ2) is 9.80. The van der Waals surface area contributed by atoms with Gasteiger partial charge in [0.15, 0.2) is 0 Å². The molecule has 0 unspecified atom stereocenters. The zero-order chi connectivity index (χ0) is 22.3. The first-order valence-corrected chi connectivity index (χ1v) is 10.5. The van der Waals surface area contributed by atoms with Crippen LogP contribution in [0, 0.1) is 0 Å². The second-order valence-electron chi connectivity index (χ2n) is 7.62. The van der Waals surface area contributed by atoms with E-state index < -0.39 is 17.5 Å². The van der Waals surface area contributed by atoms with E-state index in [9.17, 15) is 14.4 Å². The molecule has 0 spiro atoms. The molecule has 0 fully saturated rings. The minimum absolute atomic E-state index is 0.0291. The molecule has 4 rings (SSSR count). The van der Waals surface area contributed by atoms with Gasteiger partial charge in [0.2, 0.25) is 11.6 Å². The molecule has 0 amide bonds. The van der Waals surface area contributed by atoms with E-state index in [1.807, 2.05) is 66.7 Å². The Morgan fingerprint density at radius 3 is 1.56 bits per heavy atom. The van der Waals surface area contributed by atoms with Crippen molar-refractivity contribution in [1.82, 2.24) is 0 Å². The number of Topliss-reactive ketones (excluding diaryl/α,β-unsaturated/α-hetero) is 3. The van der Waals surface area contributed by atoms with Crippen molar-refractivity contribution in [3.05, 3.63) is 143 Å². The maximum absolute atomic E-state index is 13.4. The summed E-state index contributed by atoms with van der Waals surface area (Å²) < 4.78 is 0. The minimum atomic E-state index is -0.576. The van der Waals surface area contributed by atoms with E-state index in [1.165, 1.54) is 0 Å². The van der Waals surface area contributed by atoms with Crippen molar-refractivity contribution in [3.8, 4) is 0 Å². The third kappa shape index (κ3) is 4.79. The SMILES string of the molecule is O=C(C(=O)c1cccc(CC(=O)C(c2ccccc2)c2ccccc2)c1)c1ccccc1. The number of carbonyl (C=O) groups excluding carboxylic acids is 3. The molecule has 0 aliphatic carbocycles. The van der Waals surface area contributed by atoms with Crippen LogP contribution in [0.1, 0.15) is 43.3 Å². The number of ketones is 3. The first-order valence-electron chi connectivity index (χ1n) is 10.5. The van der Waals surface area contributed by atoms with E-state index in [-0.39, 0.29) is 12.2 Å². The minimum Gasteiger partial charge on any atom is -0.298 e.